The Hall–Kier alpha value is -1.61. The van der Waals surface area contributed by atoms with Crippen LogP contribution in [0.2, 0.25) is 0 Å². The SMILES string of the molecule is Cc1cc(C)n(-c2cc(CC(C)N)ccc2C)n1. The fourth-order valence-corrected chi connectivity index (χ4v) is 2.25. The Morgan fingerprint density at radius 2 is 1.94 bits per heavy atom. The van der Waals surface area contributed by atoms with Gasteiger partial charge in [0.1, 0.15) is 0 Å². The van der Waals surface area contributed by atoms with E-state index in [1.165, 1.54) is 11.1 Å². The first-order chi connectivity index (χ1) is 8.47. The zero-order valence-electron chi connectivity index (χ0n) is 11.6. The molecule has 1 aromatic carbocycles. The van der Waals surface area contributed by atoms with E-state index in [-0.39, 0.29) is 6.04 Å². The van der Waals surface area contributed by atoms with E-state index in [0.717, 1.165) is 23.5 Å². The van der Waals surface area contributed by atoms with Gasteiger partial charge in [-0.15, -0.1) is 0 Å². The summed E-state index contributed by atoms with van der Waals surface area (Å²) in [7, 11) is 0. The molecule has 0 spiro atoms. The average Bonchev–Trinajstić information content (AvgIpc) is 2.60. The van der Waals surface area contributed by atoms with Gasteiger partial charge in [-0.25, -0.2) is 4.68 Å². The molecule has 0 radical (unpaired) electrons. The molecule has 0 bridgehead atoms. The Morgan fingerprint density at radius 3 is 2.50 bits per heavy atom. The van der Waals surface area contributed by atoms with Gasteiger partial charge >= 0.3 is 0 Å². The number of aromatic nitrogens is 2. The number of rotatable bonds is 3. The lowest BCUT2D eigenvalue weighted by Crippen LogP contribution is -2.18. The zero-order valence-corrected chi connectivity index (χ0v) is 11.6. The van der Waals surface area contributed by atoms with Gasteiger partial charge in [0.25, 0.3) is 0 Å². The number of hydrogen-bond donors (Lipinski definition) is 1. The van der Waals surface area contributed by atoms with Gasteiger partial charge < -0.3 is 5.73 Å². The summed E-state index contributed by atoms with van der Waals surface area (Å²) in [5, 5.41) is 4.55. The summed E-state index contributed by atoms with van der Waals surface area (Å²) in [6.45, 7) is 8.24. The summed E-state index contributed by atoms with van der Waals surface area (Å²) in [6, 6.07) is 8.76. The van der Waals surface area contributed by atoms with Gasteiger partial charge in [-0.05, 0) is 57.4 Å². The molecule has 0 fully saturated rings. The second kappa shape index (κ2) is 4.94. The van der Waals surface area contributed by atoms with Crippen LogP contribution in [0.15, 0.2) is 24.3 Å². The van der Waals surface area contributed by atoms with Gasteiger partial charge in [0.2, 0.25) is 0 Å². The lowest BCUT2D eigenvalue weighted by Gasteiger charge is -2.12. The van der Waals surface area contributed by atoms with Crippen LogP contribution in [0.4, 0.5) is 0 Å². The maximum atomic E-state index is 5.86. The minimum Gasteiger partial charge on any atom is -0.328 e. The van der Waals surface area contributed by atoms with Crippen molar-refractivity contribution in [3.63, 3.8) is 0 Å². The molecule has 0 aliphatic carbocycles. The molecule has 3 nitrogen and oxygen atoms in total. The maximum Gasteiger partial charge on any atom is 0.0680 e. The Labute approximate surface area is 109 Å². The van der Waals surface area contributed by atoms with Gasteiger partial charge in [0.05, 0.1) is 11.4 Å². The van der Waals surface area contributed by atoms with Crippen molar-refractivity contribution in [1.29, 1.82) is 0 Å². The number of benzene rings is 1. The van der Waals surface area contributed by atoms with E-state index in [1.807, 2.05) is 18.5 Å². The van der Waals surface area contributed by atoms with Crippen molar-refractivity contribution >= 4 is 0 Å². The molecule has 96 valence electrons. The lowest BCUT2D eigenvalue weighted by atomic mass is 10.0. The van der Waals surface area contributed by atoms with Crippen LogP contribution in [-0.2, 0) is 6.42 Å². The van der Waals surface area contributed by atoms with Crippen molar-refractivity contribution in [2.75, 3.05) is 0 Å². The zero-order chi connectivity index (χ0) is 13.3. The number of nitrogens with zero attached hydrogens (tertiary/aromatic N) is 2. The fraction of sp³-hybridized carbons (Fsp3) is 0.400. The first kappa shape index (κ1) is 12.8. The van der Waals surface area contributed by atoms with Crippen LogP contribution in [-0.4, -0.2) is 15.8 Å². The Kier molecular flexibility index (Phi) is 3.53. The van der Waals surface area contributed by atoms with Crippen LogP contribution < -0.4 is 5.73 Å². The highest BCUT2D eigenvalue weighted by Gasteiger charge is 2.08. The van der Waals surface area contributed by atoms with Crippen molar-refractivity contribution in [3.05, 3.63) is 46.8 Å². The van der Waals surface area contributed by atoms with Crippen LogP contribution >= 0.6 is 0 Å². The first-order valence-corrected chi connectivity index (χ1v) is 6.36. The van der Waals surface area contributed by atoms with Crippen LogP contribution in [0.1, 0.15) is 29.4 Å². The van der Waals surface area contributed by atoms with Gasteiger partial charge in [0.15, 0.2) is 0 Å². The van der Waals surface area contributed by atoms with E-state index in [0.29, 0.717) is 0 Å². The molecule has 1 aromatic heterocycles. The molecule has 0 saturated heterocycles. The Balaban J connectivity index is 2.46. The summed E-state index contributed by atoms with van der Waals surface area (Å²) in [4.78, 5) is 0. The van der Waals surface area contributed by atoms with Crippen molar-refractivity contribution in [3.8, 4) is 5.69 Å². The highest BCUT2D eigenvalue weighted by Crippen LogP contribution is 2.19. The van der Waals surface area contributed by atoms with E-state index >= 15 is 0 Å². The molecular formula is C15H21N3. The van der Waals surface area contributed by atoms with E-state index in [1.54, 1.807) is 0 Å². The van der Waals surface area contributed by atoms with Crippen molar-refractivity contribution in [2.45, 2.75) is 40.2 Å². The van der Waals surface area contributed by atoms with E-state index in [2.05, 4.69) is 43.2 Å². The molecule has 0 aliphatic rings. The Morgan fingerprint density at radius 1 is 1.22 bits per heavy atom. The van der Waals surface area contributed by atoms with Gasteiger partial charge in [-0.1, -0.05) is 12.1 Å². The molecule has 1 atom stereocenters. The molecule has 0 aliphatic heterocycles. The highest BCUT2D eigenvalue weighted by molar-refractivity contribution is 5.44. The largest absolute Gasteiger partial charge is 0.328 e. The van der Waals surface area contributed by atoms with E-state index in [9.17, 15) is 0 Å². The quantitative estimate of drug-likeness (QED) is 0.900. The number of nitrogens with two attached hydrogens (primary N) is 1. The third-order valence-electron chi connectivity index (χ3n) is 3.07. The lowest BCUT2D eigenvalue weighted by molar-refractivity contribution is 0.735. The minimum absolute atomic E-state index is 0.181. The summed E-state index contributed by atoms with van der Waals surface area (Å²) in [5.74, 6) is 0. The molecule has 2 rings (SSSR count). The van der Waals surface area contributed by atoms with Crippen molar-refractivity contribution < 1.29 is 0 Å². The van der Waals surface area contributed by atoms with Crippen LogP contribution in [0, 0.1) is 20.8 Å². The standard InChI is InChI=1S/C15H21N3/c1-10-5-6-14(7-11(2)16)9-15(10)18-13(4)8-12(3)17-18/h5-6,8-9,11H,7,16H2,1-4H3. The highest BCUT2D eigenvalue weighted by atomic mass is 15.3. The molecule has 0 amide bonds. The molecule has 2 N–H and O–H groups in total. The molecule has 1 unspecified atom stereocenters. The molecular weight excluding hydrogens is 222 g/mol. The monoisotopic (exact) mass is 243 g/mol. The minimum atomic E-state index is 0.181. The van der Waals surface area contributed by atoms with E-state index < -0.39 is 0 Å². The molecule has 1 heterocycles. The van der Waals surface area contributed by atoms with Crippen molar-refractivity contribution in [1.82, 2.24) is 9.78 Å². The maximum absolute atomic E-state index is 5.86. The van der Waals surface area contributed by atoms with Gasteiger partial charge in [-0.3, -0.25) is 0 Å². The van der Waals surface area contributed by atoms with Crippen LogP contribution in [0.3, 0.4) is 0 Å². The average molecular weight is 243 g/mol. The predicted molar refractivity (Wildman–Crippen MR) is 75.1 cm³/mol. The van der Waals surface area contributed by atoms with Crippen LogP contribution in [0.5, 0.6) is 0 Å². The third kappa shape index (κ3) is 2.62. The summed E-state index contributed by atoms with van der Waals surface area (Å²) < 4.78 is 2.01. The molecule has 18 heavy (non-hydrogen) atoms. The number of hydrogen-bond acceptors (Lipinski definition) is 2. The number of aryl methyl sites for hydroxylation is 3. The molecule has 0 saturated carbocycles. The van der Waals surface area contributed by atoms with Crippen LogP contribution in [0.25, 0.3) is 5.69 Å². The van der Waals surface area contributed by atoms with Crippen molar-refractivity contribution in [2.24, 2.45) is 5.73 Å². The summed E-state index contributed by atoms with van der Waals surface area (Å²) in [6.07, 6.45) is 0.895. The predicted octanol–water partition coefficient (Wildman–Crippen LogP) is 2.69. The van der Waals surface area contributed by atoms with Gasteiger partial charge in [-0.2, -0.15) is 5.10 Å². The summed E-state index contributed by atoms with van der Waals surface area (Å²) in [5.41, 5.74) is 11.7. The second-order valence-corrected chi connectivity index (χ2v) is 5.14. The normalized spacial score (nSPS) is 12.7. The van der Waals surface area contributed by atoms with Gasteiger partial charge in [0, 0.05) is 11.7 Å². The summed E-state index contributed by atoms with van der Waals surface area (Å²) >= 11 is 0. The Bertz CT molecular complexity index is 553. The van der Waals surface area contributed by atoms with E-state index in [4.69, 9.17) is 5.73 Å². The first-order valence-electron chi connectivity index (χ1n) is 6.36. The third-order valence-corrected chi connectivity index (χ3v) is 3.07. The molecule has 2 aromatic rings. The molecule has 3 heteroatoms. The topological polar surface area (TPSA) is 43.8 Å². The second-order valence-electron chi connectivity index (χ2n) is 5.14. The fourth-order valence-electron chi connectivity index (χ4n) is 2.25. The smallest absolute Gasteiger partial charge is 0.0680 e.